The smallest absolute Gasteiger partial charge is 0.306 e. The molecule has 0 atom stereocenters. The van der Waals surface area contributed by atoms with Gasteiger partial charge in [-0.25, -0.2) is 29.1 Å². The van der Waals surface area contributed by atoms with Crippen LogP contribution in [0.15, 0.2) is 70.4 Å². The molecule has 1 aromatic heterocycles. The van der Waals surface area contributed by atoms with Crippen molar-refractivity contribution in [3.8, 4) is 0 Å². The fourth-order valence-corrected chi connectivity index (χ4v) is 2.07. The Morgan fingerprint density at radius 2 is 1.78 bits per heavy atom. The van der Waals surface area contributed by atoms with Crippen LogP contribution in [0.4, 0.5) is 5.69 Å². The first-order valence-electron chi connectivity index (χ1n) is 7.06. The maximum Gasteiger partial charge on any atom is 0.330 e. The minimum Gasteiger partial charge on any atom is -0.306 e. The van der Waals surface area contributed by atoms with Gasteiger partial charge >= 0.3 is 11.2 Å². The summed E-state index contributed by atoms with van der Waals surface area (Å²) >= 11 is 0. The van der Waals surface area contributed by atoms with Crippen LogP contribution >= 0.6 is 0 Å². The Morgan fingerprint density at radius 1 is 1.09 bits per heavy atom. The third kappa shape index (κ3) is 5.21. The van der Waals surface area contributed by atoms with Crippen molar-refractivity contribution in [2.75, 3.05) is 0 Å². The van der Waals surface area contributed by atoms with E-state index < -0.39 is 0 Å². The van der Waals surface area contributed by atoms with Gasteiger partial charge in [0.15, 0.2) is 0 Å². The van der Waals surface area contributed by atoms with Crippen molar-refractivity contribution in [3.05, 3.63) is 87.2 Å². The summed E-state index contributed by atoms with van der Waals surface area (Å²) in [6, 6.07) is 17.9. The second kappa shape index (κ2) is 9.10. The molecular formula is C17H20FeN3O2-. The maximum absolute atomic E-state index is 11.8. The van der Waals surface area contributed by atoms with Gasteiger partial charge in [-0.1, -0.05) is 0 Å². The summed E-state index contributed by atoms with van der Waals surface area (Å²) in [5.41, 5.74) is 1.15. The monoisotopic (exact) mass is 354 g/mol. The molecule has 0 spiro atoms. The van der Waals surface area contributed by atoms with E-state index in [2.05, 4.69) is 0 Å². The summed E-state index contributed by atoms with van der Waals surface area (Å²) in [5, 5.41) is 1.84. The predicted octanol–water partition coefficient (Wildman–Crippen LogP) is 0.601. The molecule has 0 saturated heterocycles. The molecule has 124 valence electrons. The Balaban J connectivity index is 0.000000377. The van der Waals surface area contributed by atoms with Crippen molar-refractivity contribution in [2.24, 2.45) is 14.1 Å². The van der Waals surface area contributed by atoms with E-state index in [0.29, 0.717) is 12.2 Å². The number of quaternary nitrogens is 1. The molecule has 3 aromatic rings. The van der Waals surface area contributed by atoms with E-state index in [1.54, 1.807) is 13.2 Å². The SMILES string of the molecule is Cn1cc([NH2+]Cc2ccc[cH-]2)c(=O)n(C)c1=O.[Fe].c1cc[cH-]c1. The molecule has 1 heterocycles. The van der Waals surface area contributed by atoms with Crippen LogP contribution in [-0.2, 0) is 37.7 Å². The molecule has 2 aromatic carbocycles. The zero-order chi connectivity index (χ0) is 15.9. The molecule has 0 aliphatic heterocycles. The number of aromatic nitrogens is 2. The molecule has 3 rings (SSSR count). The van der Waals surface area contributed by atoms with E-state index in [4.69, 9.17) is 0 Å². The van der Waals surface area contributed by atoms with E-state index in [9.17, 15) is 9.59 Å². The average molecular weight is 354 g/mol. The van der Waals surface area contributed by atoms with Crippen LogP contribution in [0, 0.1) is 0 Å². The van der Waals surface area contributed by atoms with E-state index in [0.717, 1.165) is 10.1 Å². The molecule has 0 saturated carbocycles. The Labute approximate surface area is 145 Å². The number of rotatable bonds is 3. The van der Waals surface area contributed by atoms with Gasteiger partial charge in [0.1, 0.15) is 0 Å². The van der Waals surface area contributed by atoms with Gasteiger partial charge in [-0.15, -0.1) is 5.56 Å². The average Bonchev–Trinajstić information content (AvgIpc) is 3.23. The first-order chi connectivity index (χ1) is 10.6. The minimum atomic E-state index is -0.305. The maximum atomic E-state index is 11.8. The molecule has 0 bridgehead atoms. The van der Waals surface area contributed by atoms with Crippen LogP contribution in [0.1, 0.15) is 5.56 Å². The Kier molecular flexibility index (Phi) is 7.48. The summed E-state index contributed by atoms with van der Waals surface area (Å²) < 4.78 is 2.54. The standard InChI is InChI=1S/C12H14N3O2.C5H5.Fe/c1-14-8-10(11(16)15(2)12(14)17)13-7-9-5-3-4-6-9;1-2-4-5-3-1;/h3-6,8,13H,7H2,1-2H3;1-5H;/q2*-1;/p+1. The first-order valence-corrected chi connectivity index (χ1v) is 7.06. The van der Waals surface area contributed by atoms with Gasteiger partial charge in [0.25, 0.3) is 0 Å². The fourth-order valence-electron chi connectivity index (χ4n) is 2.07. The van der Waals surface area contributed by atoms with Crippen molar-refractivity contribution in [3.63, 3.8) is 0 Å². The van der Waals surface area contributed by atoms with Crippen molar-refractivity contribution < 1.29 is 22.4 Å². The van der Waals surface area contributed by atoms with Gasteiger partial charge < -0.3 is 5.32 Å². The van der Waals surface area contributed by atoms with Gasteiger partial charge in [-0.05, 0) is 0 Å². The number of aryl methyl sites for hydroxylation is 1. The van der Waals surface area contributed by atoms with Crippen LogP contribution in [0.3, 0.4) is 0 Å². The summed E-state index contributed by atoms with van der Waals surface area (Å²) in [5.74, 6) is 0. The quantitative estimate of drug-likeness (QED) is 0.553. The molecule has 2 N–H and O–H groups in total. The molecule has 5 nitrogen and oxygen atoms in total. The third-order valence-corrected chi connectivity index (χ3v) is 3.32. The summed E-state index contributed by atoms with van der Waals surface area (Å²) in [6.07, 6.45) is 1.58. The normalized spacial score (nSPS) is 9.65. The molecule has 6 heteroatoms. The molecule has 0 aliphatic carbocycles. The van der Waals surface area contributed by atoms with Gasteiger partial charge in [0.2, 0.25) is 5.69 Å². The molecular weight excluding hydrogens is 334 g/mol. The van der Waals surface area contributed by atoms with Crippen LogP contribution in [0.25, 0.3) is 0 Å². The first kappa shape index (κ1) is 18.9. The summed E-state index contributed by atoms with van der Waals surface area (Å²) in [6.45, 7) is 0.695. The van der Waals surface area contributed by atoms with Crippen LogP contribution < -0.4 is 16.6 Å². The van der Waals surface area contributed by atoms with Crippen molar-refractivity contribution in [1.82, 2.24) is 9.13 Å². The molecule has 23 heavy (non-hydrogen) atoms. The molecule has 0 fully saturated rings. The van der Waals surface area contributed by atoms with Gasteiger partial charge in [-0.2, -0.15) is 30.3 Å². The minimum absolute atomic E-state index is 0. The Bertz CT molecular complexity index is 782. The van der Waals surface area contributed by atoms with Crippen LogP contribution in [-0.4, -0.2) is 9.13 Å². The van der Waals surface area contributed by atoms with Crippen molar-refractivity contribution >= 4 is 5.69 Å². The summed E-state index contributed by atoms with van der Waals surface area (Å²) in [7, 11) is 3.13. The number of hydrogen-bond donors (Lipinski definition) is 1. The van der Waals surface area contributed by atoms with Crippen LogP contribution in [0.2, 0.25) is 0 Å². The molecule has 0 radical (unpaired) electrons. The third-order valence-electron chi connectivity index (χ3n) is 3.32. The zero-order valence-corrected chi connectivity index (χ0v) is 14.2. The van der Waals surface area contributed by atoms with E-state index in [1.165, 1.54) is 11.6 Å². The van der Waals surface area contributed by atoms with E-state index in [-0.39, 0.29) is 28.3 Å². The zero-order valence-electron chi connectivity index (χ0n) is 13.1. The predicted molar refractivity (Wildman–Crippen MR) is 86.3 cm³/mol. The Hall–Kier alpha value is -2.14. The number of nitrogens with two attached hydrogens (primary N) is 1. The van der Waals surface area contributed by atoms with Gasteiger partial charge in [-0.3, -0.25) is 13.9 Å². The topological polar surface area (TPSA) is 60.6 Å². The van der Waals surface area contributed by atoms with Crippen LogP contribution in [0.5, 0.6) is 0 Å². The number of nitrogens with zero attached hydrogens (tertiary/aromatic N) is 2. The molecule has 0 unspecified atom stereocenters. The second-order valence-corrected chi connectivity index (χ2v) is 5.01. The number of hydrogen-bond acceptors (Lipinski definition) is 2. The van der Waals surface area contributed by atoms with Crippen molar-refractivity contribution in [1.29, 1.82) is 0 Å². The van der Waals surface area contributed by atoms with Gasteiger partial charge in [0, 0.05) is 31.2 Å². The largest absolute Gasteiger partial charge is 0.330 e. The van der Waals surface area contributed by atoms with E-state index in [1.807, 2.05) is 59.9 Å². The fraction of sp³-hybridized carbons (Fsp3) is 0.176. The van der Waals surface area contributed by atoms with Crippen molar-refractivity contribution in [2.45, 2.75) is 6.54 Å². The second-order valence-electron chi connectivity index (χ2n) is 5.01. The summed E-state index contributed by atoms with van der Waals surface area (Å²) in [4.78, 5) is 23.3. The Morgan fingerprint density at radius 3 is 2.30 bits per heavy atom. The molecule has 0 aliphatic rings. The van der Waals surface area contributed by atoms with Gasteiger partial charge in [0.05, 0.1) is 12.7 Å². The van der Waals surface area contributed by atoms with E-state index >= 15 is 0 Å². The molecule has 0 amide bonds.